The van der Waals surface area contributed by atoms with Crippen LogP contribution in [0.25, 0.3) is 0 Å². The molecule has 1 N–H and O–H groups in total. The number of aryl methyl sites for hydroxylation is 3. The van der Waals surface area contributed by atoms with Crippen LogP contribution in [0.4, 0.5) is 0 Å². The molecule has 176 valence electrons. The van der Waals surface area contributed by atoms with Crippen LogP contribution in [0.1, 0.15) is 42.4 Å². The second kappa shape index (κ2) is 9.91. The molecular weight excluding hydrogens is 448 g/mol. The molecule has 1 unspecified atom stereocenters. The van der Waals surface area contributed by atoms with Crippen molar-refractivity contribution < 1.29 is 21.6 Å². The van der Waals surface area contributed by atoms with Gasteiger partial charge < -0.3 is 4.74 Å². The molecule has 1 aliphatic heterocycles. The summed E-state index contributed by atoms with van der Waals surface area (Å²) in [7, 11) is -5.78. The molecular formula is C23H32N2O5S2. The molecule has 1 aliphatic rings. The number of hydrogen-bond acceptors (Lipinski definition) is 5. The molecule has 3 rings (SSSR count). The smallest absolute Gasteiger partial charge is 0.243 e. The number of nitrogens with one attached hydrogen (secondary N) is 1. The fraction of sp³-hybridized carbons (Fsp3) is 0.478. The first-order chi connectivity index (χ1) is 15.1. The highest BCUT2D eigenvalue weighted by Gasteiger charge is 2.33. The van der Waals surface area contributed by atoms with Crippen molar-refractivity contribution in [2.75, 3.05) is 20.2 Å². The van der Waals surface area contributed by atoms with Crippen LogP contribution in [0.3, 0.4) is 0 Å². The Bertz CT molecular complexity index is 1140. The molecule has 0 spiro atoms. The van der Waals surface area contributed by atoms with Crippen LogP contribution in [-0.4, -0.2) is 47.4 Å². The standard InChI is InChI=1S/C23H32N2O5S2/c1-17-8-10-21(11-9-17)32(28,29)25-14-6-5-7-20(25)12-13-24-31(26,27)22-15-18(2)23(30-4)19(3)16-22/h8-11,15-16,20,24H,5-7,12-14H2,1-4H3. The molecule has 1 fully saturated rings. The predicted molar refractivity (Wildman–Crippen MR) is 125 cm³/mol. The summed E-state index contributed by atoms with van der Waals surface area (Å²) >= 11 is 0. The van der Waals surface area contributed by atoms with E-state index in [9.17, 15) is 16.8 Å². The van der Waals surface area contributed by atoms with E-state index >= 15 is 0 Å². The van der Waals surface area contributed by atoms with Gasteiger partial charge in [-0.1, -0.05) is 24.1 Å². The van der Waals surface area contributed by atoms with E-state index in [4.69, 9.17) is 4.74 Å². The molecule has 1 heterocycles. The minimum Gasteiger partial charge on any atom is -0.496 e. The Labute approximate surface area is 191 Å². The molecule has 32 heavy (non-hydrogen) atoms. The largest absolute Gasteiger partial charge is 0.496 e. The van der Waals surface area contributed by atoms with Crippen molar-refractivity contribution in [3.8, 4) is 5.75 Å². The Morgan fingerprint density at radius 2 is 1.59 bits per heavy atom. The monoisotopic (exact) mass is 480 g/mol. The third-order valence-electron chi connectivity index (χ3n) is 5.92. The van der Waals surface area contributed by atoms with Crippen LogP contribution >= 0.6 is 0 Å². The lowest BCUT2D eigenvalue weighted by atomic mass is 10.0. The first kappa shape index (κ1) is 24.7. The Hall–Kier alpha value is -1.94. The van der Waals surface area contributed by atoms with Crippen LogP contribution in [0.5, 0.6) is 5.75 Å². The van der Waals surface area contributed by atoms with Gasteiger partial charge in [-0.15, -0.1) is 0 Å². The van der Waals surface area contributed by atoms with Gasteiger partial charge in [0.15, 0.2) is 0 Å². The SMILES string of the molecule is COc1c(C)cc(S(=O)(=O)NCCC2CCCCN2S(=O)(=O)c2ccc(C)cc2)cc1C. The molecule has 0 radical (unpaired) electrons. The van der Waals surface area contributed by atoms with Crippen LogP contribution < -0.4 is 9.46 Å². The average Bonchev–Trinajstić information content (AvgIpc) is 2.74. The lowest BCUT2D eigenvalue weighted by Crippen LogP contribution is -2.45. The van der Waals surface area contributed by atoms with Crippen molar-refractivity contribution in [2.24, 2.45) is 0 Å². The number of benzene rings is 2. The number of nitrogens with zero attached hydrogens (tertiary/aromatic N) is 1. The Kier molecular flexibility index (Phi) is 7.65. The molecule has 9 heteroatoms. The van der Waals surface area contributed by atoms with E-state index in [0.717, 1.165) is 29.5 Å². The fourth-order valence-corrected chi connectivity index (χ4v) is 7.20. The number of piperidine rings is 1. The zero-order chi connectivity index (χ0) is 23.5. The summed E-state index contributed by atoms with van der Waals surface area (Å²) in [5.74, 6) is 0.670. The van der Waals surface area contributed by atoms with Crippen molar-refractivity contribution in [1.82, 2.24) is 9.03 Å². The van der Waals surface area contributed by atoms with E-state index in [1.165, 1.54) is 4.31 Å². The van der Waals surface area contributed by atoms with Crippen LogP contribution in [-0.2, 0) is 20.0 Å². The van der Waals surface area contributed by atoms with E-state index in [2.05, 4.69) is 4.72 Å². The Balaban J connectivity index is 1.72. The fourth-order valence-electron chi connectivity index (χ4n) is 4.26. The molecule has 7 nitrogen and oxygen atoms in total. The summed E-state index contributed by atoms with van der Waals surface area (Å²) in [6, 6.07) is 9.78. The third kappa shape index (κ3) is 5.33. The van der Waals surface area contributed by atoms with Gasteiger partial charge in [0.25, 0.3) is 0 Å². The predicted octanol–water partition coefficient (Wildman–Crippen LogP) is 3.53. The van der Waals surface area contributed by atoms with Gasteiger partial charge in [-0.05, 0) is 75.4 Å². The van der Waals surface area contributed by atoms with E-state index in [1.807, 2.05) is 6.92 Å². The van der Waals surface area contributed by atoms with Gasteiger partial charge in [-0.2, -0.15) is 4.31 Å². The zero-order valence-electron chi connectivity index (χ0n) is 19.1. The highest BCUT2D eigenvalue weighted by molar-refractivity contribution is 7.89. The highest BCUT2D eigenvalue weighted by Crippen LogP contribution is 2.28. The number of hydrogen-bond donors (Lipinski definition) is 1. The van der Waals surface area contributed by atoms with Crippen LogP contribution in [0.15, 0.2) is 46.2 Å². The molecule has 0 saturated carbocycles. The first-order valence-corrected chi connectivity index (χ1v) is 13.7. The normalized spacial score (nSPS) is 17.9. The van der Waals surface area contributed by atoms with Gasteiger partial charge in [0.2, 0.25) is 20.0 Å². The number of sulfonamides is 2. The molecule has 0 aromatic heterocycles. The third-order valence-corrected chi connectivity index (χ3v) is 9.33. The maximum Gasteiger partial charge on any atom is 0.243 e. The molecule has 2 aromatic carbocycles. The van der Waals surface area contributed by atoms with Gasteiger partial charge in [0, 0.05) is 19.1 Å². The van der Waals surface area contributed by atoms with Gasteiger partial charge >= 0.3 is 0 Å². The number of ether oxygens (including phenoxy) is 1. The topological polar surface area (TPSA) is 92.8 Å². The summed E-state index contributed by atoms with van der Waals surface area (Å²) in [5.41, 5.74) is 2.49. The zero-order valence-corrected chi connectivity index (χ0v) is 20.7. The lowest BCUT2D eigenvalue weighted by molar-refractivity contribution is 0.242. The van der Waals surface area contributed by atoms with Crippen molar-refractivity contribution in [1.29, 1.82) is 0 Å². The van der Waals surface area contributed by atoms with Crippen molar-refractivity contribution in [3.63, 3.8) is 0 Å². The van der Waals surface area contributed by atoms with Gasteiger partial charge in [-0.25, -0.2) is 21.6 Å². The second-order valence-electron chi connectivity index (χ2n) is 8.36. The summed E-state index contributed by atoms with van der Waals surface area (Å²) in [6.45, 7) is 6.14. The quantitative estimate of drug-likeness (QED) is 0.624. The van der Waals surface area contributed by atoms with Gasteiger partial charge in [0.05, 0.1) is 16.9 Å². The van der Waals surface area contributed by atoms with Crippen molar-refractivity contribution >= 4 is 20.0 Å². The average molecular weight is 481 g/mol. The molecule has 0 bridgehead atoms. The van der Waals surface area contributed by atoms with Crippen molar-refractivity contribution in [3.05, 3.63) is 53.1 Å². The minimum absolute atomic E-state index is 0.164. The Morgan fingerprint density at radius 1 is 0.969 bits per heavy atom. The maximum atomic E-state index is 13.2. The number of rotatable bonds is 8. The molecule has 1 saturated heterocycles. The summed E-state index contributed by atoms with van der Waals surface area (Å²) in [5, 5.41) is 0. The number of methoxy groups -OCH3 is 1. The minimum atomic E-state index is -3.71. The highest BCUT2D eigenvalue weighted by atomic mass is 32.2. The van der Waals surface area contributed by atoms with Gasteiger partial charge in [0.1, 0.15) is 5.75 Å². The molecule has 0 aliphatic carbocycles. The second-order valence-corrected chi connectivity index (χ2v) is 12.0. The van der Waals surface area contributed by atoms with E-state index in [1.54, 1.807) is 57.4 Å². The summed E-state index contributed by atoms with van der Waals surface area (Å²) in [4.78, 5) is 0.459. The Morgan fingerprint density at radius 3 is 2.19 bits per heavy atom. The van der Waals surface area contributed by atoms with E-state index < -0.39 is 20.0 Å². The maximum absolute atomic E-state index is 13.2. The lowest BCUT2D eigenvalue weighted by Gasteiger charge is -2.34. The molecule has 0 amide bonds. The van der Waals surface area contributed by atoms with E-state index in [0.29, 0.717) is 25.1 Å². The molecule has 1 atom stereocenters. The summed E-state index contributed by atoms with van der Waals surface area (Å²) in [6.07, 6.45) is 2.86. The van der Waals surface area contributed by atoms with Crippen molar-refractivity contribution in [2.45, 2.75) is 62.3 Å². The molecule has 2 aromatic rings. The first-order valence-electron chi connectivity index (χ1n) is 10.8. The van der Waals surface area contributed by atoms with Crippen LogP contribution in [0, 0.1) is 20.8 Å². The summed E-state index contributed by atoms with van der Waals surface area (Å²) < 4.78 is 61.5. The van der Waals surface area contributed by atoms with E-state index in [-0.39, 0.29) is 22.4 Å². The van der Waals surface area contributed by atoms with Gasteiger partial charge in [-0.3, -0.25) is 0 Å². The van der Waals surface area contributed by atoms with Crippen LogP contribution in [0.2, 0.25) is 0 Å².